The van der Waals surface area contributed by atoms with E-state index in [2.05, 4.69) is 20.5 Å². The molecule has 1 amide bonds. The molecule has 3 aromatic rings. The zero-order chi connectivity index (χ0) is 16.1. The van der Waals surface area contributed by atoms with Crippen LogP contribution in [0.3, 0.4) is 0 Å². The molecule has 1 N–H and O–H groups in total. The number of carbonyl (C=O) groups is 1. The number of amides is 1. The predicted molar refractivity (Wildman–Crippen MR) is 81.7 cm³/mol. The Balaban J connectivity index is 1.62. The van der Waals surface area contributed by atoms with Gasteiger partial charge in [-0.15, -0.1) is 10.2 Å². The molecule has 7 heteroatoms. The average Bonchev–Trinajstić information content (AvgIpc) is 3.09. The van der Waals surface area contributed by atoms with Gasteiger partial charge in [-0.1, -0.05) is 0 Å². The number of methoxy groups -OCH3 is 1. The molecule has 1 aromatic carbocycles. The first-order valence-corrected chi connectivity index (χ1v) is 6.91. The first-order valence-electron chi connectivity index (χ1n) is 6.91. The summed E-state index contributed by atoms with van der Waals surface area (Å²) in [4.78, 5) is 16.0. The summed E-state index contributed by atoms with van der Waals surface area (Å²) in [7, 11) is 1.57. The van der Waals surface area contributed by atoms with Crippen molar-refractivity contribution in [2.45, 2.75) is 6.54 Å². The molecule has 0 aliphatic rings. The van der Waals surface area contributed by atoms with Crippen molar-refractivity contribution in [3.63, 3.8) is 0 Å². The minimum Gasteiger partial charge on any atom is -0.497 e. The van der Waals surface area contributed by atoms with Crippen LogP contribution >= 0.6 is 0 Å². The quantitative estimate of drug-likeness (QED) is 0.776. The van der Waals surface area contributed by atoms with Gasteiger partial charge >= 0.3 is 0 Å². The molecule has 0 saturated heterocycles. The Bertz CT molecular complexity index is 785. The normalized spacial score (nSPS) is 10.3. The third-order valence-corrected chi connectivity index (χ3v) is 3.13. The molecule has 3 rings (SSSR count). The molecule has 0 aliphatic carbocycles. The summed E-state index contributed by atoms with van der Waals surface area (Å²) in [5.41, 5.74) is 1.26. The first-order chi connectivity index (χ1) is 11.3. The number of hydrogen-bond donors (Lipinski definition) is 1. The Hall–Kier alpha value is -3.22. The van der Waals surface area contributed by atoms with E-state index < -0.39 is 0 Å². The van der Waals surface area contributed by atoms with Gasteiger partial charge in [-0.2, -0.15) is 0 Å². The molecule has 7 nitrogen and oxygen atoms in total. The Morgan fingerprint density at radius 2 is 2.04 bits per heavy atom. The van der Waals surface area contributed by atoms with Crippen LogP contribution < -0.4 is 10.1 Å². The maximum atomic E-state index is 12.0. The van der Waals surface area contributed by atoms with E-state index >= 15 is 0 Å². The number of rotatable bonds is 5. The minimum absolute atomic E-state index is 0.151. The molecular weight excluding hydrogens is 296 g/mol. The number of benzene rings is 1. The number of aromatic nitrogens is 3. The second kappa shape index (κ2) is 6.69. The lowest BCUT2D eigenvalue weighted by molar-refractivity contribution is 0.0947. The second-order valence-electron chi connectivity index (χ2n) is 4.65. The molecule has 0 atom stereocenters. The van der Waals surface area contributed by atoms with Crippen LogP contribution in [0.25, 0.3) is 11.5 Å². The number of ether oxygens (including phenoxy) is 1. The monoisotopic (exact) mass is 310 g/mol. The lowest BCUT2D eigenvalue weighted by Crippen LogP contribution is -2.22. The van der Waals surface area contributed by atoms with Gasteiger partial charge in [0.15, 0.2) is 0 Å². The SMILES string of the molecule is COc1ccc(C(=O)NCc2nnc(-c3cccnc3)o2)cc1. The van der Waals surface area contributed by atoms with Crippen molar-refractivity contribution in [1.29, 1.82) is 0 Å². The van der Waals surface area contributed by atoms with Gasteiger partial charge in [0.05, 0.1) is 19.2 Å². The highest BCUT2D eigenvalue weighted by molar-refractivity contribution is 5.94. The van der Waals surface area contributed by atoms with E-state index in [-0.39, 0.29) is 12.5 Å². The van der Waals surface area contributed by atoms with Crippen molar-refractivity contribution >= 4 is 5.91 Å². The molecule has 2 aromatic heterocycles. The third kappa shape index (κ3) is 3.52. The highest BCUT2D eigenvalue weighted by Gasteiger charge is 2.11. The molecular formula is C16H14N4O3. The van der Waals surface area contributed by atoms with E-state index in [1.54, 1.807) is 49.8 Å². The van der Waals surface area contributed by atoms with Crippen LogP contribution in [0.5, 0.6) is 5.75 Å². The van der Waals surface area contributed by atoms with Gasteiger partial charge in [-0.3, -0.25) is 9.78 Å². The average molecular weight is 310 g/mol. The fourth-order valence-electron chi connectivity index (χ4n) is 1.93. The molecule has 23 heavy (non-hydrogen) atoms. The van der Waals surface area contributed by atoms with Crippen LogP contribution in [-0.2, 0) is 6.54 Å². The molecule has 0 radical (unpaired) electrons. The number of nitrogens with one attached hydrogen (secondary N) is 1. The lowest BCUT2D eigenvalue weighted by atomic mass is 10.2. The van der Waals surface area contributed by atoms with Gasteiger partial charge in [-0.05, 0) is 36.4 Å². The number of carbonyl (C=O) groups excluding carboxylic acids is 1. The third-order valence-electron chi connectivity index (χ3n) is 3.13. The van der Waals surface area contributed by atoms with E-state index in [1.165, 1.54) is 0 Å². The maximum Gasteiger partial charge on any atom is 0.251 e. The summed E-state index contributed by atoms with van der Waals surface area (Å²) in [6, 6.07) is 10.4. The molecule has 0 fully saturated rings. The van der Waals surface area contributed by atoms with E-state index in [0.717, 1.165) is 5.56 Å². The highest BCUT2D eigenvalue weighted by atomic mass is 16.5. The Morgan fingerprint density at radius 3 is 2.74 bits per heavy atom. The zero-order valence-electron chi connectivity index (χ0n) is 12.4. The van der Waals surface area contributed by atoms with E-state index in [9.17, 15) is 4.79 Å². The van der Waals surface area contributed by atoms with E-state index in [1.807, 2.05) is 6.07 Å². The number of nitrogens with zero attached hydrogens (tertiary/aromatic N) is 3. The van der Waals surface area contributed by atoms with Crippen LogP contribution in [0.2, 0.25) is 0 Å². The summed E-state index contributed by atoms with van der Waals surface area (Å²) in [6.07, 6.45) is 3.29. The summed E-state index contributed by atoms with van der Waals surface area (Å²) in [5, 5.41) is 10.6. The van der Waals surface area contributed by atoms with Gasteiger partial charge in [0.25, 0.3) is 5.91 Å². The fourth-order valence-corrected chi connectivity index (χ4v) is 1.93. The maximum absolute atomic E-state index is 12.0. The largest absolute Gasteiger partial charge is 0.497 e. The fraction of sp³-hybridized carbons (Fsp3) is 0.125. The second-order valence-corrected chi connectivity index (χ2v) is 4.65. The molecule has 0 unspecified atom stereocenters. The van der Waals surface area contributed by atoms with Crippen molar-refractivity contribution in [1.82, 2.24) is 20.5 Å². The van der Waals surface area contributed by atoms with Crippen molar-refractivity contribution in [2.24, 2.45) is 0 Å². The van der Waals surface area contributed by atoms with Gasteiger partial charge in [0.2, 0.25) is 11.8 Å². The number of hydrogen-bond acceptors (Lipinski definition) is 6. The van der Waals surface area contributed by atoms with Gasteiger partial charge in [0, 0.05) is 18.0 Å². The van der Waals surface area contributed by atoms with Crippen molar-refractivity contribution < 1.29 is 13.9 Å². The summed E-state index contributed by atoms with van der Waals surface area (Å²) >= 11 is 0. The predicted octanol–water partition coefficient (Wildman–Crippen LogP) is 2.07. The lowest BCUT2D eigenvalue weighted by Gasteiger charge is -2.03. The molecule has 0 spiro atoms. The Morgan fingerprint density at radius 1 is 1.22 bits per heavy atom. The first kappa shape index (κ1) is 14.7. The van der Waals surface area contributed by atoms with Crippen molar-refractivity contribution in [3.05, 3.63) is 60.2 Å². The van der Waals surface area contributed by atoms with Gasteiger partial charge in [-0.25, -0.2) is 0 Å². The summed E-state index contributed by atoms with van der Waals surface area (Å²) in [6.45, 7) is 0.151. The summed E-state index contributed by atoms with van der Waals surface area (Å²) in [5.74, 6) is 1.16. The van der Waals surface area contributed by atoms with Crippen LogP contribution in [0, 0.1) is 0 Å². The van der Waals surface area contributed by atoms with Gasteiger partial charge in [0.1, 0.15) is 5.75 Å². The molecule has 0 saturated carbocycles. The molecule has 0 bridgehead atoms. The van der Waals surface area contributed by atoms with Crippen molar-refractivity contribution in [2.75, 3.05) is 7.11 Å². The standard InChI is InChI=1S/C16H14N4O3/c1-22-13-6-4-11(5-7-13)15(21)18-10-14-19-20-16(23-14)12-3-2-8-17-9-12/h2-9H,10H2,1H3,(H,18,21). The Kier molecular flexibility index (Phi) is 4.28. The molecule has 2 heterocycles. The highest BCUT2D eigenvalue weighted by Crippen LogP contribution is 2.16. The van der Waals surface area contributed by atoms with Crippen LogP contribution in [0.15, 0.2) is 53.2 Å². The van der Waals surface area contributed by atoms with Crippen LogP contribution in [0.4, 0.5) is 0 Å². The Labute approximate surface area is 132 Å². The molecule has 116 valence electrons. The van der Waals surface area contributed by atoms with Gasteiger partial charge < -0.3 is 14.5 Å². The topological polar surface area (TPSA) is 90.1 Å². The minimum atomic E-state index is -0.228. The smallest absolute Gasteiger partial charge is 0.251 e. The van der Waals surface area contributed by atoms with Crippen LogP contribution in [-0.4, -0.2) is 28.2 Å². The van der Waals surface area contributed by atoms with E-state index in [0.29, 0.717) is 23.1 Å². The summed E-state index contributed by atoms with van der Waals surface area (Å²) < 4.78 is 10.5. The zero-order valence-corrected chi connectivity index (χ0v) is 12.4. The van der Waals surface area contributed by atoms with Crippen LogP contribution in [0.1, 0.15) is 16.2 Å². The molecule has 0 aliphatic heterocycles. The van der Waals surface area contributed by atoms with Crippen molar-refractivity contribution in [3.8, 4) is 17.2 Å². The number of pyridine rings is 1. The van der Waals surface area contributed by atoms with E-state index in [4.69, 9.17) is 9.15 Å².